The van der Waals surface area contributed by atoms with E-state index in [4.69, 9.17) is 5.84 Å². The summed E-state index contributed by atoms with van der Waals surface area (Å²) in [5, 5.41) is 0. The fourth-order valence-electron chi connectivity index (χ4n) is 1.04. The monoisotopic (exact) mass is 148 g/mol. The number of pyridine rings is 1. The van der Waals surface area contributed by atoms with Crippen LogP contribution in [0.2, 0.25) is 0 Å². The number of hydrogen-bond donors (Lipinski definition) is 2. The third-order valence-electron chi connectivity index (χ3n) is 1.56. The van der Waals surface area contributed by atoms with Crippen LogP contribution in [0, 0.1) is 0 Å². The van der Waals surface area contributed by atoms with Crippen molar-refractivity contribution in [3.05, 3.63) is 30.6 Å². The minimum Gasteiger partial charge on any atom is -0.308 e. The maximum atomic E-state index is 5.25. The van der Waals surface area contributed by atoms with E-state index in [-0.39, 0.29) is 0 Å². The molecule has 3 N–H and O–H groups in total. The smallest absolute Gasteiger partial charge is 0.144 e. The maximum Gasteiger partial charge on any atom is 0.144 e. The van der Waals surface area contributed by atoms with E-state index in [9.17, 15) is 0 Å². The third-order valence-corrected chi connectivity index (χ3v) is 1.56. The quantitative estimate of drug-likeness (QED) is 0.460. The van der Waals surface area contributed by atoms with E-state index in [1.54, 1.807) is 6.20 Å². The molecule has 0 aliphatic heterocycles. The Morgan fingerprint density at radius 3 is 3.18 bits per heavy atom. The van der Waals surface area contributed by atoms with E-state index >= 15 is 0 Å². The zero-order valence-electron chi connectivity index (χ0n) is 5.86. The predicted octanol–water partition coefficient (Wildman–Crippen LogP) is 0.620. The van der Waals surface area contributed by atoms with Crippen LogP contribution < -0.4 is 11.3 Å². The second-order valence-corrected chi connectivity index (χ2v) is 2.22. The zero-order valence-corrected chi connectivity index (χ0v) is 5.86. The lowest BCUT2D eigenvalue weighted by Gasteiger charge is -1.97. The van der Waals surface area contributed by atoms with Gasteiger partial charge in [-0.3, -0.25) is 4.40 Å². The molecule has 4 nitrogen and oxygen atoms in total. The SMILES string of the molecule is NNc1cnc2ccccn12. The van der Waals surface area contributed by atoms with Gasteiger partial charge in [-0.1, -0.05) is 6.07 Å². The number of hydrogen-bond acceptors (Lipinski definition) is 3. The normalized spacial score (nSPS) is 10.3. The Bertz CT molecular complexity index is 365. The van der Waals surface area contributed by atoms with E-state index in [0.717, 1.165) is 11.5 Å². The van der Waals surface area contributed by atoms with Crippen molar-refractivity contribution in [3.63, 3.8) is 0 Å². The molecule has 2 aromatic heterocycles. The van der Waals surface area contributed by atoms with Gasteiger partial charge in [0.25, 0.3) is 0 Å². The van der Waals surface area contributed by atoms with Gasteiger partial charge >= 0.3 is 0 Å². The highest BCUT2D eigenvalue weighted by molar-refractivity contribution is 5.49. The molecule has 2 aromatic rings. The summed E-state index contributed by atoms with van der Waals surface area (Å²) >= 11 is 0. The molecule has 56 valence electrons. The van der Waals surface area contributed by atoms with Crippen molar-refractivity contribution >= 4 is 11.5 Å². The van der Waals surface area contributed by atoms with Gasteiger partial charge < -0.3 is 5.43 Å². The number of nitrogens with one attached hydrogen (secondary N) is 1. The fourth-order valence-corrected chi connectivity index (χ4v) is 1.04. The van der Waals surface area contributed by atoms with Crippen LogP contribution in [0.15, 0.2) is 30.6 Å². The second-order valence-electron chi connectivity index (χ2n) is 2.22. The number of nitrogens with zero attached hydrogens (tertiary/aromatic N) is 2. The molecule has 0 saturated heterocycles. The number of nitrogens with two attached hydrogens (primary N) is 1. The van der Waals surface area contributed by atoms with Crippen LogP contribution in [-0.4, -0.2) is 9.38 Å². The highest BCUT2D eigenvalue weighted by Crippen LogP contribution is 2.08. The van der Waals surface area contributed by atoms with Crippen molar-refractivity contribution in [2.24, 2.45) is 5.84 Å². The second kappa shape index (κ2) is 2.25. The highest BCUT2D eigenvalue weighted by atomic mass is 15.3. The topological polar surface area (TPSA) is 55.3 Å². The summed E-state index contributed by atoms with van der Waals surface area (Å²) in [6, 6.07) is 5.78. The molecule has 0 atom stereocenters. The minimum absolute atomic E-state index is 0.792. The first kappa shape index (κ1) is 6.18. The highest BCUT2D eigenvalue weighted by Gasteiger charge is 1.97. The summed E-state index contributed by atoms with van der Waals surface area (Å²) in [4.78, 5) is 4.11. The predicted molar refractivity (Wildman–Crippen MR) is 43.0 cm³/mol. The molecule has 0 amide bonds. The molecule has 0 bridgehead atoms. The lowest BCUT2D eigenvalue weighted by Crippen LogP contribution is -2.08. The van der Waals surface area contributed by atoms with Crippen molar-refractivity contribution < 1.29 is 0 Å². The van der Waals surface area contributed by atoms with Gasteiger partial charge in [0, 0.05) is 6.20 Å². The number of imidazole rings is 1. The molecule has 0 radical (unpaired) electrons. The van der Waals surface area contributed by atoms with Crippen LogP contribution in [0.3, 0.4) is 0 Å². The van der Waals surface area contributed by atoms with Crippen LogP contribution in [-0.2, 0) is 0 Å². The van der Waals surface area contributed by atoms with Gasteiger partial charge in [0.15, 0.2) is 0 Å². The largest absolute Gasteiger partial charge is 0.308 e. The fraction of sp³-hybridized carbons (Fsp3) is 0. The van der Waals surface area contributed by atoms with Gasteiger partial charge in [-0.25, -0.2) is 10.8 Å². The molecule has 2 rings (SSSR count). The Morgan fingerprint density at radius 2 is 2.36 bits per heavy atom. The summed E-state index contributed by atoms with van der Waals surface area (Å²) in [5.41, 5.74) is 3.44. The van der Waals surface area contributed by atoms with Gasteiger partial charge in [0.1, 0.15) is 11.5 Å². The third kappa shape index (κ3) is 0.841. The zero-order chi connectivity index (χ0) is 7.68. The van der Waals surface area contributed by atoms with Crippen molar-refractivity contribution in [2.75, 3.05) is 5.43 Å². The number of anilines is 1. The first-order chi connectivity index (χ1) is 5.42. The average molecular weight is 148 g/mol. The number of hydrazine groups is 1. The molecule has 11 heavy (non-hydrogen) atoms. The summed E-state index contributed by atoms with van der Waals surface area (Å²) in [6.07, 6.45) is 3.59. The van der Waals surface area contributed by atoms with E-state index in [0.29, 0.717) is 0 Å². The summed E-state index contributed by atoms with van der Waals surface area (Å²) in [6.45, 7) is 0. The van der Waals surface area contributed by atoms with Gasteiger partial charge in [-0.05, 0) is 12.1 Å². The molecule has 2 heterocycles. The van der Waals surface area contributed by atoms with Crippen molar-refractivity contribution in [2.45, 2.75) is 0 Å². The Labute approximate surface area is 63.6 Å². The van der Waals surface area contributed by atoms with Crippen LogP contribution in [0.25, 0.3) is 5.65 Å². The lowest BCUT2D eigenvalue weighted by atomic mass is 10.5. The first-order valence-corrected chi connectivity index (χ1v) is 3.30. The van der Waals surface area contributed by atoms with E-state index in [1.165, 1.54) is 0 Å². The number of fused-ring (bicyclic) bond motifs is 1. The van der Waals surface area contributed by atoms with Crippen LogP contribution >= 0.6 is 0 Å². The Balaban J connectivity index is 2.76. The number of rotatable bonds is 1. The van der Waals surface area contributed by atoms with Gasteiger partial charge in [0.2, 0.25) is 0 Å². The van der Waals surface area contributed by atoms with Crippen LogP contribution in [0.1, 0.15) is 0 Å². The first-order valence-electron chi connectivity index (χ1n) is 3.30. The molecular formula is C7H8N4. The van der Waals surface area contributed by atoms with Gasteiger partial charge in [-0.2, -0.15) is 0 Å². The van der Waals surface area contributed by atoms with E-state index in [2.05, 4.69) is 10.4 Å². The minimum atomic E-state index is 0.792. The van der Waals surface area contributed by atoms with E-state index < -0.39 is 0 Å². The van der Waals surface area contributed by atoms with E-state index in [1.807, 2.05) is 28.8 Å². The van der Waals surface area contributed by atoms with Crippen molar-refractivity contribution in [1.29, 1.82) is 0 Å². The average Bonchev–Trinajstić information content (AvgIpc) is 2.47. The molecule has 0 spiro atoms. The van der Waals surface area contributed by atoms with Crippen molar-refractivity contribution in [1.82, 2.24) is 9.38 Å². The molecule has 0 saturated carbocycles. The van der Waals surface area contributed by atoms with Crippen LogP contribution in [0.5, 0.6) is 0 Å². The molecule has 4 heteroatoms. The molecule has 0 unspecified atom stereocenters. The van der Waals surface area contributed by atoms with Crippen molar-refractivity contribution in [3.8, 4) is 0 Å². The standard InChI is InChI=1S/C7H8N4/c8-10-7-5-9-6-3-1-2-4-11(6)7/h1-5,10H,8H2. The van der Waals surface area contributed by atoms with Crippen LogP contribution in [0.4, 0.5) is 5.82 Å². The molecule has 0 aliphatic carbocycles. The summed E-state index contributed by atoms with van der Waals surface area (Å²) in [7, 11) is 0. The Morgan fingerprint density at radius 1 is 1.45 bits per heavy atom. The van der Waals surface area contributed by atoms with Gasteiger partial charge in [0.05, 0.1) is 6.20 Å². The summed E-state index contributed by atoms with van der Waals surface area (Å²) < 4.78 is 1.88. The lowest BCUT2D eigenvalue weighted by molar-refractivity contribution is 1.15. The number of aromatic nitrogens is 2. The molecule has 0 aromatic carbocycles. The number of nitrogen functional groups attached to an aromatic ring is 1. The maximum absolute atomic E-state index is 5.25. The molecular weight excluding hydrogens is 140 g/mol. The molecule has 0 aliphatic rings. The Hall–Kier alpha value is -1.55. The summed E-state index contributed by atoms with van der Waals surface area (Å²) in [5.74, 6) is 6.04. The molecule has 0 fully saturated rings. The Kier molecular flexibility index (Phi) is 1.26. The van der Waals surface area contributed by atoms with Gasteiger partial charge in [-0.15, -0.1) is 0 Å².